The van der Waals surface area contributed by atoms with Crippen molar-refractivity contribution < 1.29 is 19.1 Å². The number of hydrogen-bond acceptors (Lipinski definition) is 5. The number of esters is 1. The van der Waals surface area contributed by atoms with E-state index in [9.17, 15) is 14.9 Å². The SMILES string of the molecule is CCOc1ccccc1/C=C/C(=O)OCC(=O)N[C@](C)(C#N)C1CC1. The third-order valence-corrected chi connectivity index (χ3v) is 3.99. The first-order valence-corrected chi connectivity index (χ1v) is 8.27. The molecular formula is C19H22N2O4. The molecule has 0 aromatic heterocycles. The van der Waals surface area contributed by atoms with Crippen LogP contribution in [0.4, 0.5) is 0 Å². The zero-order valence-electron chi connectivity index (χ0n) is 14.5. The van der Waals surface area contributed by atoms with E-state index in [0.29, 0.717) is 12.4 Å². The van der Waals surface area contributed by atoms with Gasteiger partial charge in [0.25, 0.3) is 5.91 Å². The van der Waals surface area contributed by atoms with Crippen molar-refractivity contribution in [2.24, 2.45) is 5.92 Å². The highest BCUT2D eigenvalue weighted by Gasteiger charge is 2.43. The fourth-order valence-corrected chi connectivity index (χ4v) is 2.46. The maximum atomic E-state index is 11.9. The maximum absolute atomic E-state index is 11.9. The minimum atomic E-state index is -0.893. The molecule has 0 bridgehead atoms. The molecule has 0 heterocycles. The molecule has 1 aliphatic carbocycles. The summed E-state index contributed by atoms with van der Waals surface area (Å²) >= 11 is 0. The molecule has 6 nitrogen and oxygen atoms in total. The van der Waals surface area contributed by atoms with Gasteiger partial charge < -0.3 is 14.8 Å². The van der Waals surface area contributed by atoms with Crippen LogP contribution in [0.2, 0.25) is 0 Å². The standard InChI is InChI=1S/C19H22N2O4/c1-3-24-16-7-5-4-6-14(16)8-11-18(23)25-12-17(22)21-19(2,13-20)15-9-10-15/h4-8,11,15H,3,9-10,12H2,1-2H3,(H,21,22)/b11-8+/t19-/m1/s1. The topological polar surface area (TPSA) is 88.4 Å². The van der Waals surface area contributed by atoms with E-state index in [4.69, 9.17) is 9.47 Å². The number of rotatable bonds is 8. The van der Waals surface area contributed by atoms with Crippen LogP contribution in [0.3, 0.4) is 0 Å². The summed E-state index contributed by atoms with van der Waals surface area (Å²) < 4.78 is 10.4. The number of carbonyl (C=O) groups is 2. The molecule has 2 rings (SSSR count). The number of benzene rings is 1. The van der Waals surface area contributed by atoms with Crippen molar-refractivity contribution in [3.63, 3.8) is 0 Å². The second-order valence-corrected chi connectivity index (χ2v) is 6.05. The van der Waals surface area contributed by atoms with Crippen LogP contribution < -0.4 is 10.1 Å². The molecule has 6 heteroatoms. The quantitative estimate of drug-likeness (QED) is 0.579. The van der Waals surface area contributed by atoms with Crippen molar-refractivity contribution >= 4 is 18.0 Å². The van der Waals surface area contributed by atoms with E-state index in [1.807, 2.05) is 31.2 Å². The third-order valence-electron chi connectivity index (χ3n) is 3.99. The first kappa shape index (κ1) is 18.5. The highest BCUT2D eigenvalue weighted by Crippen LogP contribution is 2.39. The fourth-order valence-electron chi connectivity index (χ4n) is 2.46. The first-order valence-electron chi connectivity index (χ1n) is 8.27. The number of hydrogen-bond donors (Lipinski definition) is 1. The zero-order valence-corrected chi connectivity index (χ0v) is 14.5. The van der Waals surface area contributed by atoms with Crippen molar-refractivity contribution in [2.45, 2.75) is 32.2 Å². The van der Waals surface area contributed by atoms with E-state index < -0.39 is 24.0 Å². The summed E-state index contributed by atoms with van der Waals surface area (Å²) in [6, 6.07) is 9.43. The molecule has 0 aliphatic heterocycles. The van der Waals surface area contributed by atoms with Gasteiger partial charge in [-0.25, -0.2) is 4.79 Å². The molecule has 25 heavy (non-hydrogen) atoms. The van der Waals surface area contributed by atoms with Crippen LogP contribution in [0.25, 0.3) is 6.08 Å². The monoisotopic (exact) mass is 342 g/mol. The lowest BCUT2D eigenvalue weighted by atomic mass is 9.98. The predicted molar refractivity (Wildman–Crippen MR) is 92.5 cm³/mol. The maximum Gasteiger partial charge on any atom is 0.331 e. The third kappa shape index (κ3) is 5.35. The van der Waals surface area contributed by atoms with E-state index >= 15 is 0 Å². The summed E-state index contributed by atoms with van der Waals surface area (Å²) in [5, 5.41) is 11.8. The van der Waals surface area contributed by atoms with Gasteiger partial charge in [0.2, 0.25) is 0 Å². The number of nitrogens with zero attached hydrogens (tertiary/aromatic N) is 1. The first-order chi connectivity index (χ1) is 12.0. The predicted octanol–water partition coefficient (Wildman–Crippen LogP) is 2.45. The lowest BCUT2D eigenvalue weighted by molar-refractivity contribution is -0.144. The van der Waals surface area contributed by atoms with E-state index in [-0.39, 0.29) is 5.92 Å². The van der Waals surface area contributed by atoms with Gasteiger partial charge in [-0.05, 0) is 44.7 Å². The number of nitriles is 1. The van der Waals surface area contributed by atoms with Crippen LogP contribution in [0.15, 0.2) is 30.3 Å². The number of nitrogens with one attached hydrogen (secondary N) is 1. The Morgan fingerprint density at radius 2 is 2.12 bits per heavy atom. The van der Waals surface area contributed by atoms with Crippen LogP contribution in [0, 0.1) is 17.2 Å². The second kappa shape index (κ2) is 8.34. The zero-order chi connectivity index (χ0) is 18.3. The Hall–Kier alpha value is -2.81. The van der Waals surface area contributed by atoms with E-state index in [1.165, 1.54) is 6.08 Å². The fraction of sp³-hybridized carbons (Fsp3) is 0.421. The van der Waals surface area contributed by atoms with Crippen LogP contribution in [0.1, 0.15) is 32.3 Å². The Bertz CT molecular complexity index is 704. The molecule has 1 fully saturated rings. The average molecular weight is 342 g/mol. The summed E-state index contributed by atoms with van der Waals surface area (Å²) in [6.45, 7) is 3.67. The largest absolute Gasteiger partial charge is 0.493 e. The van der Waals surface area contributed by atoms with Crippen LogP contribution in [0.5, 0.6) is 5.75 Å². The lowest BCUT2D eigenvalue weighted by Crippen LogP contribution is -2.48. The minimum Gasteiger partial charge on any atom is -0.493 e. The molecule has 1 atom stereocenters. The van der Waals surface area contributed by atoms with Gasteiger partial charge in [0.05, 0.1) is 12.7 Å². The molecule has 1 aromatic carbocycles. The second-order valence-electron chi connectivity index (χ2n) is 6.05. The Balaban J connectivity index is 1.84. The molecule has 0 radical (unpaired) electrons. The highest BCUT2D eigenvalue weighted by atomic mass is 16.5. The molecule has 0 saturated heterocycles. The summed E-state index contributed by atoms with van der Waals surface area (Å²) in [7, 11) is 0. The summed E-state index contributed by atoms with van der Waals surface area (Å²) in [4.78, 5) is 23.7. The van der Waals surface area contributed by atoms with E-state index in [2.05, 4.69) is 11.4 Å². The van der Waals surface area contributed by atoms with Gasteiger partial charge in [0.1, 0.15) is 11.3 Å². The van der Waals surface area contributed by atoms with E-state index in [0.717, 1.165) is 18.4 Å². The molecular weight excluding hydrogens is 320 g/mol. The summed E-state index contributed by atoms with van der Waals surface area (Å²) in [6.07, 6.45) is 4.67. The number of ether oxygens (including phenoxy) is 2. The number of para-hydroxylation sites is 1. The highest BCUT2D eigenvalue weighted by molar-refractivity contribution is 5.89. The Morgan fingerprint density at radius 1 is 1.40 bits per heavy atom. The normalized spacial score (nSPS) is 15.9. The van der Waals surface area contributed by atoms with Gasteiger partial charge in [-0.1, -0.05) is 18.2 Å². The Labute approximate surface area is 147 Å². The molecule has 1 aromatic rings. The van der Waals surface area contributed by atoms with Crippen molar-refractivity contribution in [3.05, 3.63) is 35.9 Å². The van der Waals surface area contributed by atoms with Crippen molar-refractivity contribution in [1.29, 1.82) is 5.26 Å². The average Bonchev–Trinajstić information content (AvgIpc) is 3.45. The van der Waals surface area contributed by atoms with Gasteiger partial charge in [-0.2, -0.15) is 5.26 Å². The van der Waals surface area contributed by atoms with E-state index in [1.54, 1.807) is 13.0 Å². The lowest BCUT2D eigenvalue weighted by Gasteiger charge is -2.22. The molecule has 1 amide bonds. The van der Waals surface area contributed by atoms with Gasteiger partial charge >= 0.3 is 5.97 Å². The number of carbonyl (C=O) groups excluding carboxylic acids is 2. The Kier molecular flexibility index (Phi) is 6.18. The minimum absolute atomic E-state index is 0.173. The number of amides is 1. The molecule has 1 saturated carbocycles. The molecule has 1 aliphatic rings. The van der Waals surface area contributed by atoms with Crippen LogP contribution in [-0.2, 0) is 14.3 Å². The van der Waals surface area contributed by atoms with Crippen LogP contribution in [-0.4, -0.2) is 30.6 Å². The van der Waals surface area contributed by atoms with Gasteiger partial charge in [0, 0.05) is 11.6 Å². The van der Waals surface area contributed by atoms with Gasteiger partial charge in [0.15, 0.2) is 6.61 Å². The Morgan fingerprint density at radius 3 is 2.76 bits per heavy atom. The smallest absolute Gasteiger partial charge is 0.331 e. The van der Waals surface area contributed by atoms with Gasteiger partial charge in [-0.3, -0.25) is 4.79 Å². The summed E-state index contributed by atoms with van der Waals surface area (Å²) in [5.74, 6) is -0.271. The van der Waals surface area contributed by atoms with Crippen molar-refractivity contribution in [3.8, 4) is 11.8 Å². The van der Waals surface area contributed by atoms with Gasteiger partial charge in [-0.15, -0.1) is 0 Å². The molecule has 132 valence electrons. The molecule has 1 N–H and O–H groups in total. The van der Waals surface area contributed by atoms with Crippen LogP contribution >= 0.6 is 0 Å². The molecule has 0 unspecified atom stereocenters. The summed E-state index contributed by atoms with van der Waals surface area (Å²) in [5.41, 5.74) is -0.146. The molecule has 0 spiro atoms. The van der Waals surface area contributed by atoms with Crippen molar-refractivity contribution in [2.75, 3.05) is 13.2 Å². The van der Waals surface area contributed by atoms with Crippen molar-refractivity contribution in [1.82, 2.24) is 5.32 Å².